The van der Waals surface area contributed by atoms with Gasteiger partial charge in [0.05, 0.1) is 0 Å². The van der Waals surface area contributed by atoms with E-state index in [9.17, 15) is 14.4 Å². The van der Waals surface area contributed by atoms with Gasteiger partial charge in [-0.1, -0.05) is 6.42 Å². The first kappa shape index (κ1) is 15.5. The second-order valence-corrected chi connectivity index (χ2v) is 4.88. The van der Waals surface area contributed by atoms with Crippen LogP contribution in [0.4, 0.5) is 0 Å². The van der Waals surface area contributed by atoms with Crippen LogP contribution in [0, 0.1) is 0 Å². The van der Waals surface area contributed by atoms with Crippen molar-refractivity contribution in [3.05, 3.63) is 0 Å². The number of unbranched alkanes of at least 4 members (excludes halogenated alkanes) is 2. The monoisotopic (exact) mass is 270 g/mol. The molecule has 1 rings (SSSR count). The molecular formula is C13H22N2O4. The van der Waals surface area contributed by atoms with Gasteiger partial charge in [0.25, 0.3) is 0 Å². The minimum Gasteiger partial charge on any atom is -0.480 e. The fourth-order valence-corrected chi connectivity index (χ4v) is 2.31. The molecule has 1 heterocycles. The minimum absolute atomic E-state index is 0.0440. The van der Waals surface area contributed by atoms with Crippen molar-refractivity contribution in [2.24, 2.45) is 0 Å². The van der Waals surface area contributed by atoms with Gasteiger partial charge in [-0.05, 0) is 25.7 Å². The number of carboxylic acids is 1. The summed E-state index contributed by atoms with van der Waals surface area (Å²) in [5, 5.41) is 11.7. The first-order chi connectivity index (χ1) is 9.02. The predicted molar refractivity (Wildman–Crippen MR) is 69.5 cm³/mol. The number of carboxylic acid groups (broad SMARTS) is 1. The Morgan fingerprint density at radius 3 is 2.63 bits per heavy atom. The molecule has 0 spiro atoms. The van der Waals surface area contributed by atoms with E-state index in [4.69, 9.17) is 5.11 Å². The summed E-state index contributed by atoms with van der Waals surface area (Å²) in [5.41, 5.74) is 0. The van der Waals surface area contributed by atoms with Crippen molar-refractivity contribution >= 4 is 17.8 Å². The van der Waals surface area contributed by atoms with Gasteiger partial charge in [-0.3, -0.25) is 9.59 Å². The van der Waals surface area contributed by atoms with Gasteiger partial charge in [-0.2, -0.15) is 0 Å². The highest BCUT2D eigenvalue weighted by Crippen LogP contribution is 2.19. The Morgan fingerprint density at radius 2 is 2.00 bits per heavy atom. The average molecular weight is 270 g/mol. The van der Waals surface area contributed by atoms with E-state index in [1.165, 1.54) is 11.8 Å². The first-order valence-electron chi connectivity index (χ1n) is 6.79. The van der Waals surface area contributed by atoms with Crippen molar-refractivity contribution in [3.8, 4) is 0 Å². The van der Waals surface area contributed by atoms with E-state index in [2.05, 4.69) is 5.32 Å². The summed E-state index contributed by atoms with van der Waals surface area (Å²) in [6.07, 6.45) is 4.16. The Morgan fingerprint density at radius 1 is 1.26 bits per heavy atom. The van der Waals surface area contributed by atoms with Crippen molar-refractivity contribution < 1.29 is 19.5 Å². The van der Waals surface area contributed by atoms with Crippen LogP contribution in [0.25, 0.3) is 0 Å². The third-order valence-corrected chi connectivity index (χ3v) is 3.30. The molecule has 1 atom stereocenters. The third kappa shape index (κ3) is 5.28. The maximum absolute atomic E-state index is 11.9. The summed E-state index contributed by atoms with van der Waals surface area (Å²) in [5.74, 6) is -1.02. The molecule has 108 valence electrons. The number of likely N-dealkylation sites (tertiary alicyclic amines) is 1. The highest BCUT2D eigenvalue weighted by Gasteiger charge is 2.33. The Hall–Kier alpha value is -1.59. The van der Waals surface area contributed by atoms with Gasteiger partial charge in [0.15, 0.2) is 0 Å². The van der Waals surface area contributed by atoms with E-state index >= 15 is 0 Å². The maximum Gasteiger partial charge on any atom is 0.326 e. The largest absolute Gasteiger partial charge is 0.480 e. The Labute approximate surface area is 113 Å². The number of hydrogen-bond donors (Lipinski definition) is 2. The van der Waals surface area contributed by atoms with Crippen LogP contribution in [-0.4, -0.2) is 46.9 Å². The van der Waals surface area contributed by atoms with Crippen LogP contribution < -0.4 is 5.32 Å². The zero-order valence-electron chi connectivity index (χ0n) is 11.4. The minimum atomic E-state index is -0.906. The lowest BCUT2D eigenvalue weighted by molar-refractivity contribution is -0.148. The standard InChI is InChI=1S/C13H22N2O4/c1-10(16)14-8-4-2-3-7-12(17)15-9-5-6-11(15)13(18)19/h11H,2-9H2,1H3,(H,14,16)(H,18,19)/t11-/m0/s1. The smallest absolute Gasteiger partial charge is 0.326 e. The molecule has 1 aliphatic heterocycles. The molecule has 0 aromatic carbocycles. The number of nitrogens with zero attached hydrogens (tertiary/aromatic N) is 1. The third-order valence-electron chi connectivity index (χ3n) is 3.30. The summed E-state index contributed by atoms with van der Waals surface area (Å²) >= 11 is 0. The molecule has 0 aromatic heterocycles. The molecule has 1 saturated heterocycles. The predicted octanol–water partition coefficient (Wildman–Crippen LogP) is 0.758. The molecule has 6 heteroatoms. The van der Waals surface area contributed by atoms with Crippen molar-refractivity contribution in [2.75, 3.05) is 13.1 Å². The second kappa shape index (κ2) is 7.76. The average Bonchev–Trinajstić information content (AvgIpc) is 2.82. The number of rotatable bonds is 7. The molecule has 0 aliphatic carbocycles. The fourth-order valence-electron chi connectivity index (χ4n) is 2.31. The summed E-state index contributed by atoms with van der Waals surface area (Å²) in [7, 11) is 0. The SMILES string of the molecule is CC(=O)NCCCCCC(=O)N1CCC[C@H]1C(=O)O. The number of amides is 2. The van der Waals surface area contributed by atoms with E-state index in [1.54, 1.807) is 0 Å². The molecule has 2 amide bonds. The molecule has 0 radical (unpaired) electrons. The van der Waals surface area contributed by atoms with Gasteiger partial charge in [0.2, 0.25) is 11.8 Å². The molecule has 0 saturated carbocycles. The number of carbonyl (C=O) groups excluding carboxylic acids is 2. The highest BCUT2D eigenvalue weighted by molar-refractivity contribution is 5.84. The molecule has 6 nitrogen and oxygen atoms in total. The number of carbonyl (C=O) groups is 3. The van der Waals surface area contributed by atoms with Crippen LogP contribution in [-0.2, 0) is 14.4 Å². The maximum atomic E-state index is 11.9. The van der Waals surface area contributed by atoms with Crippen LogP contribution in [0.2, 0.25) is 0 Å². The summed E-state index contributed by atoms with van der Waals surface area (Å²) in [6.45, 7) is 2.66. The molecule has 0 aromatic rings. The van der Waals surface area contributed by atoms with E-state index in [-0.39, 0.29) is 11.8 Å². The van der Waals surface area contributed by atoms with Crippen LogP contribution in [0.5, 0.6) is 0 Å². The van der Waals surface area contributed by atoms with Gasteiger partial charge in [-0.25, -0.2) is 4.79 Å². The van der Waals surface area contributed by atoms with E-state index in [0.717, 1.165) is 25.7 Å². The van der Waals surface area contributed by atoms with Crippen molar-refractivity contribution in [1.29, 1.82) is 0 Å². The van der Waals surface area contributed by atoms with E-state index < -0.39 is 12.0 Å². The number of nitrogens with one attached hydrogen (secondary N) is 1. The molecule has 19 heavy (non-hydrogen) atoms. The lowest BCUT2D eigenvalue weighted by Gasteiger charge is -2.21. The summed E-state index contributed by atoms with van der Waals surface area (Å²) in [6, 6.07) is -0.633. The van der Waals surface area contributed by atoms with Crippen molar-refractivity contribution in [3.63, 3.8) is 0 Å². The van der Waals surface area contributed by atoms with Crippen LogP contribution in [0.15, 0.2) is 0 Å². The topological polar surface area (TPSA) is 86.7 Å². The van der Waals surface area contributed by atoms with Crippen LogP contribution in [0.1, 0.15) is 45.4 Å². The second-order valence-electron chi connectivity index (χ2n) is 4.88. The number of hydrogen-bond acceptors (Lipinski definition) is 3. The lowest BCUT2D eigenvalue weighted by Crippen LogP contribution is -2.40. The highest BCUT2D eigenvalue weighted by atomic mass is 16.4. The lowest BCUT2D eigenvalue weighted by atomic mass is 10.1. The van der Waals surface area contributed by atoms with Crippen LogP contribution in [0.3, 0.4) is 0 Å². The van der Waals surface area contributed by atoms with Gasteiger partial charge in [0, 0.05) is 26.4 Å². The normalized spacial score (nSPS) is 18.4. The molecular weight excluding hydrogens is 248 g/mol. The Balaban J connectivity index is 2.17. The first-order valence-corrected chi connectivity index (χ1v) is 6.79. The van der Waals surface area contributed by atoms with Crippen molar-refractivity contribution in [1.82, 2.24) is 10.2 Å². The fraction of sp³-hybridized carbons (Fsp3) is 0.769. The summed E-state index contributed by atoms with van der Waals surface area (Å²) in [4.78, 5) is 35.0. The molecule has 1 aliphatic rings. The van der Waals surface area contributed by atoms with Gasteiger partial charge in [0.1, 0.15) is 6.04 Å². The Bertz CT molecular complexity index is 344. The molecule has 1 fully saturated rings. The van der Waals surface area contributed by atoms with Crippen molar-refractivity contribution in [2.45, 2.75) is 51.5 Å². The zero-order chi connectivity index (χ0) is 14.3. The van der Waals surface area contributed by atoms with Gasteiger partial charge < -0.3 is 15.3 Å². The van der Waals surface area contributed by atoms with E-state index in [0.29, 0.717) is 25.9 Å². The Kier molecular flexibility index (Phi) is 6.32. The quantitative estimate of drug-likeness (QED) is 0.669. The van der Waals surface area contributed by atoms with Gasteiger partial charge in [-0.15, -0.1) is 0 Å². The molecule has 0 bridgehead atoms. The molecule has 2 N–H and O–H groups in total. The zero-order valence-corrected chi connectivity index (χ0v) is 11.4. The van der Waals surface area contributed by atoms with E-state index in [1.807, 2.05) is 0 Å². The van der Waals surface area contributed by atoms with Gasteiger partial charge >= 0.3 is 5.97 Å². The van der Waals surface area contributed by atoms with Crippen LogP contribution >= 0.6 is 0 Å². The number of aliphatic carboxylic acids is 1. The molecule has 0 unspecified atom stereocenters. The summed E-state index contributed by atoms with van der Waals surface area (Å²) < 4.78 is 0.